The van der Waals surface area contributed by atoms with Crippen LogP contribution in [0.3, 0.4) is 0 Å². The second-order valence-electron chi connectivity index (χ2n) is 5.81. The summed E-state index contributed by atoms with van der Waals surface area (Å²) in [4.78, 5) is 0. The highest BCUT2D eigenvalue weighted by Crippen LogP contribution is 2.34. The number of rotatable bonds is 3. The summed E-state index contributed by atoms with van der Waals surface area (Å²) in [6, 6.07) is 0. The molecule has 2 saturated heterocycles. The van der Waals surface area contributed by atoms with Crippen molar-refractivity contribution in [3.8, 4) is 0 Å². The van der Waals surface area contributed by atoms with Crippen molar-refractivity contribution in [1.29, 1.82) is 0 Å². The van der Waals surface area contributed by atoms with E-state index in [9.17, 15) is 40.9 Å². The van der Waals surface area contributed by atoms with Gasteiger partial charge in [-0.05, 0) is 0 Å². The summed E-state index contributed by atoms with van der Waals surface area (Å²) < 4.78 is 9.87. The highest BCUT2D eigenvalue weighted by atomic mass is 16.7. The van der Waals surface area contributed by atoms with Gasteiger partial charge >= 0.3 is 0 Å². The van der Waals surface area contributed by atoms with Gasteiger partial charge in [-0.1, -0.05) is 0 Å². The van der Waals surface area contributed by atoms with Crippen LogP contribution in [0.4, 0.5) is 0 Å². The van der Waals surface area contributed by atoms with Crippen molar-refractivity contribution in [3.05, 3.63) is 0 Å². The summed E-state index contributed by atoms with van der Waals surface area (Å²) in [5.74, 6) is -2.90. The molecule has 0 aliphatic carbocycles. The first-order valence-electron chi connectivity index (χ1n) is 7.04. The Morgan fingerprint density at radius 2 is 1.57 bits per heavy atom. The van der Waals surface area contributed by atoms with Crippen LogP contribution in [0.2, 0.25) is 0 Å². The third-order valence-electron chi connectivity index (χ3n) is 4.27. The van der Waals surface area contributed by atoms with E-state index in [-0.39, 0.29) is 0 Å². The molecule has 2 fully saturated rings. The van der Waals surface area contributed by atoms with Crippen molar-refractivity contribution < 1.29 is 55.4 Å². The Kier molecular flexibility index (Phi) is 5.60. The van der Waals surface area contributed by atoms with E-state index in [0.717, 1.165) is 0 Å². The smallest absolute Gasteiger partial charge is 0.224 e. The summed E-state index contributed by atoms with van der Waals surface area (Å²) in [6.07, 6.45) is -16.2. The minimum absolute atomic E-state index is 0.471. The molecule has 2 heterocycles. The van der Waals surface area contributed by atoms with Crippen LogP contribution in [0.5, 0.6) is 0 Å². The molecule has 0 aromatic rings. The fourth-order valence-corrected chi connectivity index (χ4v) is 2.77. The standard InChI is InChI=1S/C12H22O11/c13-1-4-6(16)8(18)10(19)12(21,23-4)11(20)9-7(17)5(15)3(14)2-22-9/h3-11,13-21H,1-2H2/t3-,4+,5+,6+,7-,8-,9-,10+,11?,12+/m0/s1. The second kappa shape index (κ2) is 6.82. The van der Waals surface area contributed by atoms with E-state index in [1.165, 1.54) is 0 Å². The van der Waals surface area contributed by atoms with E-state index in [1.54, 1.807) is 0 Å². The molecule has 0 saturated carbocycles. The van der Waals surface area contributed by atoms with Crippen LogP contribution in [0.1, 0.15) is 0 Å². The molecule has 9 N–H and O–H groups in total. The van der Waals surface area contributed by atoms with Gasteiger partial charge in [-0.2, -0.15) is 0 Å². The molecule has 2 aliphatic heterocycles. The lowest BCUT2D eigenvalue weighted by atomic mass is 9.84. The van der Waals surface area contributed by atoms with Crippen LogP contribution in [-0.2, 0) is 9.47 Å². The Balaban J connectivity index is 2.23. The average molecular weight is 342 g/mol. The summed E-state index contributed by atoms with van der Waals surface area (Å²) in [5, 5.41) is 87.8. The fourth-order valence-electron chi connectivity index (χ4n) is 2.77. The van der Waals surface area contributed by atoms with Gasteiger partial charge in [-0.15, -0.1) is 0 Å². The number of hydrogen-bond donors (Lipinski definition) is 9. The van der Waals surface area contributed by atoms with Crippen LogP contribution in [0.15, 0.2) is 0 Å². The van der Waals surface area contributed by atoms with Gasteiger partial charge < -0.3 is 55.4 Å². The summed E-state index contributed by atoms with van der Waals surface area (Å²) >= 11 is 0. The van der Waals surface area contributed by atoms with Crippen molar-refractivity contribution in [1.82, 2.24) is 0 Å². The van der Waals surface area contributed by atoms with Gasteiger partial charge in [0.15, 0.2) is 0 Å². The van der Waals surface area contributed by atoms with E-state index >= 15 is 0 Å². The zero-order valence-electron chi connectivity index (χ0n) is 12.0. The maximum atomic E-state index is 10.4. The topological polar surface area (TPSA) is 201 Å². The van der Waals surface area contributed by atoms with Crippen LogP contribution >= 0.6 is 0 Å². The van der Waals surface area contributed by atoms with Crippen molar-refractivity contribution in [2.24, 2.45) is 0 Å². The summed E-state index contributed by atoms with van der Waals surface area (Å²) in [5.41, 5.74) is 0. The number of ether oxygens (including phenoxy) is 2. The Hall–Kier alpha value is -0.440. The molecule has 2 rings (SSSR count). The predicted molar refractivity (Wildman–Crippen MR) is 68.7 cm³/mol. The third-order valence-corrected chi connectivity index (χ3v) is 4.27. The lowest BCUT2D eigenvalue weighted by Crippen LogP contribution is -2.73. The van der Waals surface area contributed by atoms with Gasteiger partial charge in [0.05, 0.1) is 13.2 Å². The molecule has 136 valence electrons. The molecule has 0 amide bonds. The first kappa shape index (κ1) is 18.9. The summed E-state index contributed by atoms with van der Waals surface area (Å²) in [6.45, 7) is -1.31. The van der Waals surface area contributed by atoms with E-state index < -0.39 is 73.9 Å². The lowest BCUT2D eigenvalue weighted by molar-refractivity contribution is -0.391. The van der Waals surface area contributed by atoms with Gasteiger partial charge in [0.1, 0.15) is 54.9 Å². The molecule has 10 atom stereocenters. The molecule has 0 bridgehead atoms. The molecular weight excluding hydrogens is 320 g/mol. The molecule has 0 spiro atoms. The highest BCUT2D eigenvalue weighted by Gasteiger charge is 2.60. The monoisotopic (exact) mass is 342 g/mol. The van der Waals surface area contributed by atoms with Gasteiger partial charge in [-0.25, -0.2) is 0 Å². The van der Waals surface area contributed by atoms with Crippen LogP contribution in [0, 0.1) is 0 Å². The van der Waals surface area contributed by atoms with Crippen LogP contribution in [0.25, 0.3) is 0 Å². The average Bonchev–Trinajstić information content (AvgIpc) is 2.53. The number of hydrogen-bond acceptors (Lipinski definition) is 11. The van der Waals surface area contributed by atoms with Crippen molar-refractivity contribution in [3.63, 3.8) is 0 Å². The Morgan fingerprint density at radius 3 is 2.13 bits per heavy atom. The molecule has 11 nitrogen and oxygen atoms in total. The zero-order valence-corrected chi connectivity index (χ0v) is 12.0. The SMILES string of the molecule is OC[C@H]1O[C@@](O)(C(O)[C@H]2OC[C@H](O)[C@@H](O)[C@@H]2O)[C@H](O)[C@@H](O)[C@@H]1O. The first-order valence-corrected chi connectivity index (χ1v) is 7.04. The van der Waals surface area contributed by atoms with Gasteiger partial charge in [0, 0.05) is 0 Å². The lowest BCUT2D eigenvalue weighted by Gasteiger charge is -2.50. The summed E-state index contributed by atoms with van der Waals surface area (Å²) in [7, 11) is 0. The molecule has 2 aliphatic rings. The van der Waals surface area contributed by atoms with Gasteiger partial charge in [-0.3, -0.25) is 0 Å². The van der Waals surface area contributed by atoms with E-state index in [4.69, 9.17) is 14.6 Å². The molecular formula is C12H22O11. The Morgan fingerprint density at radius 1 is 0.957 bits per heavy atom. The van der Waals surface area contributed by atoms with E-state index in [1.807, 2.05) is 0 Å². The Labute approximate surface area is 130 Å². The highest BCUT2D eigenvalue weighted by molar-refractivity contribution is 5.04. The normalized spacial score (nSPS) is 53.1. The molecule has 0 aromatic carbocycles. The van der Waals surface area contributed by atoms with Gasteiger partial charge in [0.2, 0.25) is 5.79 Å². The van der Waals surface area contributed by atoms with Crippen molar-refractivity contribution in [2.75, 3.05) is 13.2 Å². The zero-order chi connectivity index (χ0) is 17.5. The molecule has 1 unspecified atom stereocenters. The maximum absolute atomic E-state index is 10.4. The van der Waals surface area contributed by atoms with Gasteiger partial charge in [0.25, 0.3) is 0 Å². The van der Waals surface area contributed by atoms with Crippen molar-refractivity contribution >= 4 is 0 Å². The van der Waals surface area contributed by atoms with E-state index in [0.29, 0.717) is 0 Å². The third kappa shape index (κ3) is 3.10. The molecule has 11 heteroatoms. The minimum Gasteiger partial charge on any atom is -0.394 e. The first-order chi connectivity index (χ1) is 10.6. The van der Waals surface area contributed by atoms with Crippen molar-refractivity contribution in [2.45, 2.75) is 60.7 Å². The number of aliphatic hydroxyl groups is 9. The molecule has 0 aromatic heterocycles. The largest absolute Gasteiger partial charge is 0.394 e. The second-order valence-corrected chi connectivity index (χ2v) is 5.81. The Bertz CT molecular complexity index is 406. The predicted octanol–water partition coefficient (Wildman–Crippen LogP) is -6.01. The van der Waals surface area contributed by atoms with Crippen LogP contribution < -0.4 is 0 Å². The number of aliphatic hydroxyl groups excluding tert-OH is 8. The van der Waals surface area contributed by atoms with E-state index in [2.05, 4.69) is 0 Å². The fraction of sp³-hybridized carbons (Fsp3) is 1.00. The minimum atomic E-state index is -2.90. The molecule has 23 heavy (non-hydrogen) atoms. The maximum Gasteiger partial charge on any atom is 0.224 e. The molecule has 0 radical (unpaired) electrons. The van der Waals surface area contributed by atoms with Crippen LogP contribution in [-0.4, -0.2) is 120 Å². The quantitative estimate of drug-likeness (QED) is 0.236.